The molecule has 0 saturated carbocycles. The Labute approximate surface area is 106 Å². The first kappa shape index (κ1) is 11.1. The fraction of sp³-hybridized carbons (Fsp3) is 0.300. The summed E-state index contributed by atoms with van der Waals surface area (Å²) in [6, 6.07) is 3.27. The third kappa shape index (κ3) is 1.97. The van der Waals surface area contributed by atoms with Gasteiger partial charge in [-0.15, -0.1) is 11.6 Å². The van der Waals surface area contributed by atoms with Crippen LogP contribution in [0.4, 0.5) is 4.39 Å². The van der Waals surface area contributed by atoms with E-state index in [2.05, 4.69) is 4.98 Å². The van der Waals surface area contributed by atoms with E-state index in [0.717, 1.165) is 16.9 Å². The third-order valence-electron chi connectivity index (χ3n) is 2.33. The maximum atomic E-state index is 13.3. The van der Waals surface area contributed by atoms with E-state index in [4.69, 9.17) is 11.6 Å². The average molecular weight is 339 g/mol. The molecular weight excluding hydrogens is 329 g/mol. The van der Waals surface area contributed by atoms with Gasteiger partial charge in [-0.3, -0.25) is 0 Å². The van der Waals surface area contributed by atoms with Crippen LogP contribution in [0.5, 0.6) is 0 Å². The second-order valence-electron chi connectivity index (χ2n) is 3.28. The van der Waals surface area contributed by atoms with Gasteiger partial charge in [0.15, 0.2) is 0 Å². The van der Waals surface area contributed by atoms with Crippen LogP contribution in [-0.4, -0.2) is 15.4 Å². The Hall–Kier alpha value is -0.360. The molecule has 0 radical (unpaired) electrons. The van der Waals surface area contributed by atoms with Crippen molar-refractivity contribution in [2.24, 2.45) is 7.05 Å². The Bertz CT molecular complexity index is 510. The summed E-state index contributed by atoms with van der Waals surface area (Å²) in [5.41, 5.74) is 1.64. The van der Waals surface area contributed by atoms with E-state index in [-0.39, 0.29) is 5.82 Å². The molecule has 1 heterocycles. The molecule has 2 nitrogen and oxygen atoms in total. The molecule has 80 valence electrons. The normalized spacial score (nSPS) is 11.2. The van der Waals surface area contributed by atoms with Gasteiger partial charge in [-0.2, -0.15) is 0 Å². The third-order valence-corrected chi connectivity index (χ3v) is 3.35. The highest BCUT2D eigenvalue weighted by molar-refractivity contribution is 14.1. The van der Waals surface area contributed by atoms with Crippen LogP contribution in [0.1, 0.15) is 5.82 Å². The van der Waals surface area contributed by atoms with E-state index in [9.17, 15) is 4.39 Å². The highest BCUT2D eigenvalue weighted by atomic mass is 127. The largest absolute Gasteiger partial charge is 0.331 e. The molecule has 2 aromatic rings. The molecule has 0 aliphatic heterocycles. The summed E-state index contributed by atoms with van der Waals surface area (Å²) in [7, 11) is 1.88. The predicted octanol–water partition coefficient (Wildman–Crippen LogP) is 3.10. The van der Waals surface area contributed by atoms with Crippen molar-refractivity contribution in [2.75, 3.05) is 5.88 Å². The number of nitrogens with zero attached hydrogens (tertiary/aromatic N) is 2. The topological polar surface area (TPSA) is 17.8 Å². The van der Waals surface area contributed by atoms with Gasteiger partial charge in [0.25, 0.3) is 0 Å². The minimum absolute atomic E-state index is 0.205. The van der Waals surface area contributed by atoms with Gasteiger partial charge < -0.3 is 4.57 Å². The second kappa shape index (κ2) is 4.25. The first-order valence-electron chi connectivity index (χ1n) is 4.50. The lowest BCUT2D eigenvalue weighted by molar-refractivity contribution is 0.621. The number of benzene rings is 1. The number of halogens is 3. The number of aryl methyl sites for hydroxylation is 2. The number of hydrogen-bond acceptors (Lipinski definition) is 1. The van der Waals surface area contributed by atoms with Crippen LogP contribution in [0.25, 0.3) is 11.0 Å². The van der Waals surface area contributed by atoms with Crippen LogP contribution < -0.4 is 0 Å². The average Bonchev–Trinajstić information content (AvgIpc) is 2.47. The zero-order chi connectivity index (χ0) is 11.0. The van der Waals surface area contributed by atoms with Crippen molar-refractivity contribution in [3.05, 3.63) is 27.3 Å². The summed E-state index contributed by atoms with van der Waals surface area (Å²) in [5.74, 6) is 1.21. The Morgan fingerprint density at radius 2 is 2.27 bits per heavy atom. The molecule has 0 bridgehead atoms. The number of fused-ring (bicyclic) bond motifs is 1. The second-order valence-corrected chi connectivity index (χ2v) is 4.82. The van der Waals surface area contributed by atoms with E-state index in [1.165, 1.54) is 6.07 Å². The fourth-order valence-corrected chi connectivity index (χ4v) is 2.16. The maximum Gasteiger partial charge on any atom is 0.138 e. The molecule has 0 N–H and O–H groups in total. The summed E-state index contributed by atoms with van der Waals surface area (Å²) >= 11 is 7.63. The van der Waals surface area contributed by atoms with Crippen LogP contribution in [0.2, 0.25) is 0 Å². The first-order chi connectivity index (χ1) is 7.13. The van der Waals surface area contributed by atoms with E-state index < -0.39 is 0 Å². The Balaban J connectivity index is 2.66. The monoisotopic (exact) mass is 338 g/mol. The van der Waals surface area contributed by atoms with Crippen molar-refractivity contribution in [2.45, 2.75) is 6.42 Å². The molecule has 0 unspecified atom stereocenters. The van der Waals surface area contributed by atoms with Crippen molar-refractivity contribution in [1.82, 2.24) is 9.55 Å². The summed E-state index contributed by atoms with van der Waals surface area (Å²) < 4.78 is 15.8. The number of imidazole rings is 1. The Kier molecular flexibility index (Phi) is 3.16. The van der Waals surface area contributed by atoms with Gasteiger partial charge in [0, 0.05) is 25.4 Å². The summed E-state index contributed by atoms with van der Waals surface area (Å²) in [5, 5.41) is 0. The molecule has 0 spiro atoms. The molecule has 1 aromatic carbocycles. The maximum absolute atomic E-state index is 13.3. The smallest absolute Gasteiger partial charge is 0.138 e. The summed E-state index contributed by atoms with van der Waals surface area (Å²) in [6.07, 6.45) is 0.699. The van der Waals surface area contributed by atoms with Crippen LogP contribution in [0.3, 0.4) is 0 Å². The van der Waals surface area contributed by atoms with Gasteiger partial charge in [0.2, 0.25) is 0 Å². The van der Waals surface area contributed by atoms with Crippen LogP contribution in [-0.2, 0) is 13.5 Å². The van der Waals surface area contributed by atoms with Crippen LogP contribution >= 0.6 is 34.2 Å². The van der Waals surface area contributed by atoms with Gasteiger partial charge in [-0.05, 0) is 28.7 Å². The zero-order valence-corrected chi connectivity index (χ0v) is 11.0. The van der Waals surface area contributed by atoms with Crippen molar-refractivity contribution in [3.63, 3.8) is 0 Å². The molecule has 0 atom stereocenters. The molecule has 0 amide bonds. The van der Waals surface area contributed by atoms with Gasteiger partial charge >= 0.3 is 0 Å². The quantitative estimate of drug-likeness (QED) is 0.608. The highest BCUT2D eigenvalue weighted by Crippen LogP contribution is 2.21. The van der Waals surface area contributed by atoms with Crippen molar-refractivity contribution >= 4 is 45.2 Å². The van der Waals surface area contributed by atoms with Crippen LogP contribution in [0.15, 0.2) is 12.1 Å². The van der Waals surface area contributed by atoms with E-state index in [1.807, 2.05) is 34.2 Å². The molecule has 0 fully saturated rings. The molecule has 5 heteroatoms. The summed E-state index contributed by atoms with van der Waals surface area (Å²) in [4.78, 5) is 4.41. The standard InChI is InChI=1S/C10H9ClFIN2/c1-15-9-4-6(12)7(13)5-8(9)14-10(15)2-3-11/h4-5H,2-3H2,1H3. The highest BCUT2D eigenvalue weighted by Gasteiger charge is 2.10. The molecule has 0 saturated heterocycles. The lowest BCUT2D eigenvalue weighted by Gasteiger charge is -1.99. The van der Waals surface area contributed by atoms with E-state index >= 15 is 0 Å². The van der Waals surface area contributed by atoms with Gasteiger partial charge in [0.1, 0.15) is 11.6 Å². The fourth-order valence-electron chi connectivity index (χ4n) is 1.55. The lowest BCUT2D eigenvalue weighted by atomic mass is 10.3. The van der Waals surface area contributed by atoms with E-state index in [0.29, 0.717) is 15.9 Å². The number of alkyl halides is 1. The minimum Gasteiger partial charge on any atom is -0.331 e. The van der Waals surface area contributed by atoms with Gasteiger partial charge in [0.05, 0.1) is 14.6 Å². The molecule has 0 aliphatic rings. The van der Waals surface area contributed by atoms with Gasteiger partial charge in [-0.1, -0.05) is 0 Å². The molecule has 15 heavy (non-hydrogen) atoms. The molecule has 1 aromatic heterocycles. The SMILES string of the molecule is Cn1c(CCCl)nc2cc(I)c(F)cc21. The minimum atomic E-state index is -0.205. The number of hydrogen-bond donors (Lipinski definition) is 0. The zero-order valence-electron chi connectivity index (χ0n) is 8.10. The first-order valence-corrected chi connectivity index (χ1v) is 6.11. The van der Waals surface area contributed by atoms with Crippen LogP contribution in [0, 0.1) is 9.39 Å². The Morgan fingerprint density at radius 1 is 1.53 bits per heavy atom. The molecular formula is C10H9ClFIN2. The van der Waals surface area contributed by atoms with Crippen molar-refractivity contribution in [3.8, 4) is 0 Å². The number of aromatic nitrogens is 2. The lowest BCUT2D eigenvalue weighted by Crippen LogP contribution is -1.98. The number of rotatable bonds is 2. The Morgan fingerprint density at radius 3 is 2.93 bits per heavy atom. The molecule has 0 aliphatic carbocycles. The van der Waals surface area contributed by atoms with Crippen molar-refractivity contribution in [1.29, 1.82) is 0 Å². The van der Waals surface area contributed by atoms with Gasteiger partial charge in [-0.25, -0.2) is 9.37 Å². The summed E-state index contributed by atoms with van der Waals surface area (Å²) in [6.45, 7) is 0. The van der Waals surface area contributed by atoms with E-state index in [1.54, 1.807) is 6.07 Å². The molecule has 2 rings (SSSR count). The van der Waals surface area contributed by atoms with Crippen molar-refractivity contribution < 1.29 is 4.39 Å². The predicted molar refractivity (Wildman–Crippen MR) is 67.8 cm³/mol.